The fourth-order valence-corrected chi connectivity index (χ4v) is 4.32. The molecule has 10 heteroatoms. The predicted molar refractivity (Wildman–Crippen MR) is 102 cm³/mol. The first kappa shape index (κ1) is 18.8. The molecule has 28 heavy (non-hydrogen) atoms. The van der Waals surface area contributed by atoms with Crippen LogP contribution in [0, 0.1) is 0 Å². The first-order valence-electron chi connectivity index (χ1n) is 8.77. The van der Waals surface area contributed by atoms with E-state index < -0.39 is 23.3 Å². The van der Waals surface area contributed by atoms with E-state index in [2.05, 4.69) is 10.3 Å². The van der Waals surface area contributed by atoms with Crippen molar-refractivity contribution in [2.45, 2.75) is 25.4 Å². The molecule has 2 aliphatic rings. The summed E-state index contributed by atoms with van der Waals surface area (Å²) in [4.78, 5) is 43.1. The maximum Gasteiger partial charge on any atom is 0.315 e. The molecule has 2 N–H and O–H groups in total. The Morgan fingerprint density at radius 3 is 2.64 bits per heavy atom. The summed E-state index contributed by atoms with van der Waals surface area (Å²) >= 11 is 12.4. The number of carbonyl (C=O) groups excluding carboxylic acids is 2. The lowest BCUT2D eigenvalue weighted by atomic mass is 10.1. The molecule has 0 unspecified atom stereocenters. The van der Waals surface area contributed by atoms with E-state index in [4.69, 9.17) is 23.2 Å². The van der Waals surface area contributed by atoms with E-state index >= 15 is 0 Å². The van der Waals surface area contributed by atoms with Crippen LogP contribution in [0.2, 0.25) is 10.0 Å². The lowest BCUT2D eigenvalue weighted by Gasteiger charge is -2.30. The molecule has 0 saturated carbocycles. The van der Waals surface area contributed by atoms with Crippen LogP contribution >= 0.6 is 23.2 Å². The highest BCUT2D eigenvalue weighted by Gasteiger charge is 2.37. The molecule has 0 spiro atoms. The van der Waals surface area contributed by atoms with Crippen molar-refractivity contribution in [3.63, 3.8) is 0 Å². The normalized spacial score (nSPS) is 18.7. The first-order valence-corrected chi connectivity index (χ1v) is 9.52. The van der Waals surface area contributed by atoms with Gasteiger partial charge in [-0.3, -0.25) is 14.4 Å². The van der Waals surface area contributed by atoms with Gasteiger partial charge in [0.2, 0.25) is 5.75 Å². The lowest BCUT2D eigenvalue weighted by molar-refractivity contribution is 0.0725. The summed E-state index contributed by atoms with van der Waals surface area (Å²) < 4.78 is 1.51. The zero-order chi connectivity index (χ0) is 20.0. The molecule has 0 bridgehead atoms. The van der Waals surface area contributed by atoms with Gasteiger partial charge in [0.05, 0.1) is 21.7 Å². The molecular weight excluding hydrogens is 407 g/mol. The minimum atomic E-state index is -0.895. The SMILES string of the molecule is O=C1NCCn2c([C@@H]3CCCN3C(=O)c3c(Cl)cccc3Cl)nc(=O)c(O)c21. The Hall–Kier alpha value is -2.58. The number of nitrogens with zero attached hydrogens (tertiary/aromatic N) is 3. The quantitative estimate of drug-likeness (QED) is 0.769. The average Bonchev–Trinajstić information content (AvgIpc) is 3.14. The predicted octanol–water partition coefficient (Wildman–Crippen LogP) is 1.98. The fourth-order valence-electron chi connectivity index (χ4n) is 3.76. The summed E-state index contributed by atoms with van der Waals surface area (Å²) in [7, 11) is 0. The maximum absolute atomic E-state index is 13.2. The molecule has 146 valence electrons. The van der Waals surface area contributed by atoms with Crippen LogP contribution in [0.25, 0.3) is 0 Å². The third-order valence-electron chi connectivity index (χ3n) is 5.01. The lowest BCUT2D eigenvalue weighted by Crippen LogP contribution is -2.42. The second kappa shape index (κ2) is 7.10. The highest BCUT2D eigenvalue weighted by atomic mass is 35.5. The summed E-state index contributed by atoms with van der Waals surface area (Å²) in [5.74, 6) is -1.32. The molecule has 4 rings (SSSR count). The van der Waals surface area contributed by atoms with Crippen LogP contribution in [0.1, 0.15) is 45.6 Å². The number of amides is 2. The highest BCUT2D eigenvalue weighted by molar-refractivity contribution is 6.39. The van der Waals surface area contributed by atoms with Crippen LogP contribution in [0.15, 0.2) is 23.0 Å². The van der Waals surface area contributed by atoms with Gasteiger partial charge in [0, 0.05) is 19.6 Å². The molecule has 3 heterocycles. The third kappa shape index (κ3) is 2.93. The van der Waals surface area contributed by atoms with E-state index in [0.29, 0.717) is 32.5 Å². The van der Waals surface area contributed by atoms with Crippen molar-refractivity contribution in [1.82, 2.24) is 19.8 Å². The number of aromatic nitrogens is 2. The topological polar surface area (TPSA) is 105 Å². The molecular formula is C18H16Cl2N4O4. The number of nitrogens with one attached hydrogen (secondary N) is 1. The van der Waals surface area contributed by atoms with Gasteiger partial charge in [0.15, 0.2) is 5.69 Å². The summed E-state index contributed by atoms with van der Waals surface area (Å²) in [5, 5.41) is 13.1. The van der Waals surface area contributed by atoms with E-state index in [-0.39, 0.29) is 33.0 Å². The summed E-state index contributed by atoms with van der Waals surface area (Å²) in [6.45, 7) is 1.10. The molecule has 0 aliphatic carbocycles. The first-order chi connectivity index (χ1) is 13.4. The van der Waals surface area contributed by atoms with Gasteiger partial charge in [-0.05, 0) is 25.0 Å². The van der Waals surface area contributed by atoms with Crippen molar-refractivity contribution in [2.75, 3.05) is 13.1 Å². The summed E-state index contributed by atoms with van der Waals surface area (Å²) in [5.41, 5.74) is -0.833. The molecule has 1 aromatic carbocycles. The van der Waals surface area contributed by atoms with E-state index in [9.17, 15) is 19.5 Å². The molecule has 2 aliphatic heterocycles. The van der Waals surface area contributed by atoms with Gasteiger partial charge < -0.3 is 19.9 Å². The smallest absolute Gasteiger partial charge is 0.315 e. The number of hydrogen-bond acceptors (Lipinski definition) is 5. The van der Waals surface area contributed by atoms with Crippen LogP contribution < -0.4 is 10.9 Å². The van der Waals surface area contributed by atoms with Crippen molar-refractivity contribution >= 4 is 35.0 Å². The number of benzene rings is 1. The van der Waals surface area contributed by atoms with Gasteiger partial charge >= 0.3 is 5.56 Å². The van der Waals surface area contributed by atoms with E-state index in [1.54, 1.807) is 23.1 Å². The summed E-state index contributed by atoms with van der Waals surface area (Å²) in [6.07, 6.45) is 1.25. The Labute approximate surface area is 169 Å². The minimum absolute atomic E-state index is 0.128. The molecule has 2 aromatic rings. The van der Waals surface area contributed by atoms with Crippen molar-refractivity contribution in [2.24, 2.45) is 0 Å². The van der Waals surface area contributed by atoms with Crippen LogP contribution in [0.3, 0.4) is 0 Å². The molecule has 2 amide bonds. The van der Waals surface area contributed by atoms with Gasteiger partial charge in [-0.25, -0.2) is 0 Å². The Morgan fingerprint density at radius 2 is 1.93 bits per heavy atom. The monoisotopic (exact) mass is 422 g/mol. The Morgan fingerprint density at radius 1 is 1.21 bits per heavy atom. The average molecular weight is 423 g/mol. The van der Waals surface area contributed by atoms with Gasteiger partial charge in [-0.15, -0.1) is 0 Å². The Bertz CT molecular complexity index is 1030. The second-order valence-corrected chi connectivity index (χ2v) is 7.45. The molecule has 0 radical (unpaired) electrons. The number of hydrogen-bond donors (Lipinski definition) is 2. The fraction of sp³-hybridized carbons (Fsp3) is 0.333. The number of carbonyl (C=O) groups is 2. The highest BCUT2D eigenvalue weighted by Crippen LogP contribution is 2.36. The summed E-state index contributed by atoms with van der Waals surface area (Å²) in [6, 6.07) is 4.29. The van der Waals surface area contributed by atoms with Crippen LogP contribution in [-0.4, -0.2) is 44.5 Å². The van der Waals surface area contributed by atoms with Gasteiger partial charge in [-0.2, -0.15) is 4.98 Å². The largest absolute Gasteiger partial charge is 0.501 e. The molecule has 8 nitrogen and oxygen atoms in total. The van der Waals surface area contributed by atoms with Crippen molar-refractivity contribution < 1.29 is 14.7 Å². The van der Waals surface area contributed by atoms with Crippen molar-refractivity contribution in [1.29, 1.82) is 0 Å². The van der Waals surface area contributed by atoms with Gasteiger partial charge in [0.1, 0.15) is 5.82 Å². The Kier molecular flexibility index (Phi) is 4.76. The van der Waals surface area contributed by atoms with Crippen molar-refractivity contribution in [3.05, 3.63) is 55.7 Å². The molecule has 1 atom stereocenters. The van der Waals surface area contributed by atoms with Crippen LogP contribution in [0.5, 0.6) is 5.75 Å². The molecule has 1 fully saturated rings. The number of likely N-dealkylation sites (tertiary alicyclic amines) is 1. The van der Waals surface area contributed by atoms with E-state index in [1.165, 1.54) is 4.57 Å². The number of halogens is 2. The van der Waals surface area contributed by atoms with Crippen LogP contribution in [-0.2, 0) is 6.54 Å². The number of aromatic hydroxyl groups is 1. The maximum atomic E-state index is 13.2. The number of fused-ring (bicyclic) bond motifs is 1. The van der Waals surface area contributed by atoms with E-state index in [0.717, 1.165) is 0 Å². The van der Waals surface area contributed by atoms with Crippen molar-refractivity contribution in [3.8, 4) is 5.75 Å². The van der Waals surface area contributed by atoms with E-state index in [1.807, 2.05) is 0 Å². The molecule has 1 saturated heterocycles. The zero-order valence-corrected chi connectivity index (χ0v) is 16.1. The standard InChI is InChI=1S/C18H16Cl2N4O4/c19-9-3-1-4-10(20)12(9)18(28)23-7-2-5-11(23)15-22-17(27)14(25)13-16(26)21-6-8-24(13)15/h1,3-4,11,25H,2,5-8H2,(H,21,26)/t11-/m0/s1. The van der Waals surface area contributed by atoms with Crippen LogP contribution in [0.4, 0.5) is 0 Å². The zero-order valence-electron chi connectivity index (χ0n) is 14.6. The molecule has 1 aromatic heterocycles. The van der Waals surface area contributed by atoms with Gasteiger partial charge in [0.25, 0.3) is 11.8 Å². The Balaban J connectivity index is 1.81. The second-order valence-electron chi connectivity index (χ2n) is 6.63. The number of rotatable bonds is 2. The third-order valence-corrected chi connectivity index (χ3v) is 5.64. The minimum Gasteiger partial charge on any atom is -0.501 e. The van der Waals surface area contributed by atoms with Gasteiger partial charge in [-0.1, -0.05) is 29.3 Å².